The Morgan fingerprint density at radius 2 is 1.13 bits per heavy atom. The van der Waals surface area contributed by atoms with Crippen molar-refractivity contribution in [1.82, 2.24) is 9.55 Å². The van der Waals surface area contributed by atoms with Gasteiger partial charge in [-0.3, -0.25) is 0 Å². The normalized spacial score (nSPS) is 11.6. The van der Waals surface area contributed by atoms with Crippen LogP contribution in [0.4, 0.5) is 17.1 Å². The molecule has 2 heterocycles. The minimum absolute atomic E-state index is 0.595. The SMILES string of the molecule is c1ccc(-c2cccc(N(c3cc4c5ccccc5n(-c5ccccc5)c4c4ccccc34)c3cccc4nc(-c5ccc6ccccc6c5)oc34)c2)cc1. The molecule has 0 fully saturated rings. The number of para-hydroxylation sites is 3. The van der Waals surface area contributed by atoms with Crippen LogP contribution in [0.15, 0.2) is 205 Å². The van der Waals surface area contributed by atoms with Crippen LogP contribution >= 0.6 is 0 Å². The van der Waals surface area contributed by atoms with Crippen molar-refractivity contribution in [2.45, 2.75) is 0 Å². The number of benzene rings is 9. The first kappa shape index (κ1) is 31.1. The largest absolute Gasteiger partial charge is 0.434 e. The van der Waals surface area contributed by atoms with Gasteiger partial charge in [0.1, 0.15) is 5.52 Å². The van der Waals surface area contributed by atoms with Crippen molar-refractivity contribution in [3.05, 3.63) is 200 Å². The van der Waals surface area contributed by atoms with Crippen molar-refractivity contribution < 1.29 is 4.42 Å². The average molecular weight is 704 g/mol. The van der Waals surface area contributed by atoms with Crippen LogP contribution in [0.2, 0.25) is 0 Å². The van der Waals surface area contributed by atoms with Gasteiger partial charge in [-0.1, -0.05) is 140 Å². The van der Waals surface area contributed by atoms with E-state index in [1.807, 2.05) is 6.07 Å². The zero-order chi connectivity index (χ0) is 36.3. The molecule has 0 unspecified atom stereocenters. The monoisotopic (exact) mass is 703 g/mol. The van der Waals surface area contributed by atoms with E-state index in [1.165, 1.54) is 32.6 Å². The van der Waals surface area contributed by atoms with E-state index in [2.05, 4.69) is 204 Å². The molecule has 0 amide bonds. The summed E-state index contributed by atoms with van der Waals surface area (Å²) in [5.41, 5.74) is 11.2. The highest BCUT2D eigenvalue weighted by atomic mass is 16.3. The number of oxazole rings is 1. The number of fused-ring (bicyclic) bond motifs is 7. The molecule has 0 radical (unpaired) electrons. The summed E-state index contributed by atoms with van der Waals surface area (Å²) >= 11 is 0. The van der Waals surface area contributed by atoms with E-state index in [-0.39, 0.29) is 0 Å². The zero-order valence-corrected chi connectivity index (χ0v) is 29.8. The fourth-order valence-electron chi connectivity index (χ4n) is 8.25. The van der Waals surface area contributed by atoms with Crippen molar-refractivity contribution in [2.75, 3.05) is 4.90 Å². The first-order valence-corrected chi connectivity index (χ1v) is 18.6. The molecule has 2 aromatic heterocycles. The van der Waals surface area contributed by atoms with E-state index in [4.69, 9.17) is 9.40 Å². The van der Waals surface area contributed by atoms with E-state index in [0.29, 0.717) is 5.89 Å². The Kier molecular flexibility index (Phi) is 7.14. The highest BCUT2D eigenvalue weighted by Crippen LogP contribution is 2.47. The number of nitrogens with zero attached hydrogens (tertiary/aromatic N) is 3. The van der Waals surface area contributed by atoms with Gasteiger partial charge in [-0.15, -0.1) is 0 Å². The first-order chi connectivity index (χ1) is 27.3. The van der Waals surface area contributed by atoms with Crippen LogP contribution in [0.3, 0.4) is 0 Å². The molecule has 9 aromatic carbocycles. The lowest BCUT2D eigenvalue weighted by Gasteiger charge is -2.27. The van der Waals surface area contributed by atoms with Gasteiger partial charge >= 0.3 is 0 Å². The van der Waals surface area contributed by atoms with Crippen molar-refractivity contribution in [2.24, 2.45) is 0 Å². The molecule has 4 heteroatoms. The molecule has 11 aromatic rings. The third-order valence-corrected chi connectivity index (χ3v) is 10.8. The average Bonchev–Trinajstić information content (AvgIpc) is 3.85. The smallest absolute Gasteiger partial charge is 0.227 e. The second-order valence-corrected chi connectivity index (χ2v) is 14.0. The summed E-state index contributed by atoms with van der Waals surface area (Å²) in [6.45, 7) is 0. The number of rotatable bonds is 6. The summed E-state index contributed by atoms with van der Waals surface area (Å²) in [5.74, 6) is 0.595. The van der Waals surface area contributed by atoms with E-state index in [0.717, 1.165) is 61.3 Å². The fourth-order valence-corrected chi connectivity index (χ4v) is 8.25. The molecule has 0 atom stereocenters. The molecule has 11 rings (SSSR count). The van der Waals surface area contributed by atoms with Gasteiger partial charge < -0.3 is 13.9 Å². The van der Waals surface area contributed by atoms with Gasteiger partial charge in [0.25, 0.3) is 0 Å². The van der Waals surface area contributed by atoms with Crippen molar-refractivity contribution in [3.8, 4) is 28.3 Å². The fraction of sp³-hybridized carbons (Fsp3) is 0. The van der Waals surface area contributed by atoms with Gasteiger partial charge in [0.05, 0.1) is 22.4 Å². The van der Waals surface area contributed by atoms with Crippen LogP contribution in [0, 0.1) is 0 Å². The summed E-state index contributed by atoms with van der Waals surface area (Å²) in [6, 6.07) is 71.0. The van der Waals surface area contributed by atoms with Gasteiger partial charge in [0, 0.05) is 38.5 Å². The third-order valence-electron chi connectivity index (χ3n) is 10.8. The molecule has 55 heavy (non-hydrogen) atoms. The summed E-state index contributed by atoms with van der Waals surface area (Å²) in [7, 11) is 0. The lowest BCUT2D eigenvalue weighted by Crippen LogP contribution is -2.11. The molecular formula is C51H33N3O. The van der Waals surface area contributed by atoms with Gasteiger partial charge in [0.15, 0.2) is 5.58 Å². The molecule has 0 N–H and O–H groups in total. The maximum absolute atomic E-state index is 6.85. The Labute approximate surface area is 317 Å². The highest BCUT2D eigenvalue weighted by Gasteiger charge is 2.25. The van der Waals surface area contributed by atoms with Crippen LogP contribution in [0.1, 0.15) is 0 Å². The molecule has 258 valence electrons. The molecule has 0 saturated heterocycles. The van der Waals surface area contributed by atoms with Crippen LogP contribution in [-0.4, -0.2) is 9.55 Å². The van der Waals surface area contributed by atoms with Crippen molar-refractivity contribution in [1.29, 1.82) is 0 Å². The van der Waals surface area contributed by atoms with Crippen molar-refractivity contribution in [3.63, 3.8) is 0 Å². The summed E-state index contributed by atoms with van der Waals surface area (Å²) in [4.78, 5) is 7.44. The molecular weight excluding hydrogens is 671 g/mol. The summed E-state index contributed by atoms with van der Waals surface area (Å²) in [6.07, 6.45) is 0. The Bertz CT molecular complexity index is 3210. The van der Waals surface area contributed by atoms with E-state index >= 15 is 0 Å². The topological polar surface area (TPSA) is 34.2 Å². The summed E-state index contributed by atoms with van der Waals surface area (Å²) in [5, 5.41) is 7.01. The third kappa shape index (κ3) is 5.11. The van der Waals surface area contributed by atoms with Gasteiger partial charge in [0.2, 0.25) is 5.89 Å². The van der Waals surface area contributed by atoms with Gasteiger partial charge in [-0.05, 0) is 82.6 Å². The van der Waals surface area contributed by atoms with E-state index < -0.39 is 0 Å². The Morgan fingerprint density at radius 3 is 1.98 bits per heavy atom. The number of anilines is 3. The number of aromatic nitrogens is 2. The minimum Gasteiger partial charge on any atom is -0.434 e. The molecule has 0 aliphatic carbocycles. The van der Waals surface area contributed by atoms with Crippen LogP contribution in [0.5, 0.6) is 0 Å². The lowest BCUT2D eigenvalue weighted by molar-refractivity contribution is 0.620. The highest BCUT2D eigenvalue weighted by molar-refractivity contribution is 6.23. The standard InChI is InChI=1S/C51H33N3O/c1-3-15-34(16-4-1)37-19-13-22-40(32-37)53(47-28-14-26-45-50(47)55-51(52-45)38-30-29-35-17-7-8-18-36(35)31-38)48-33-44-42-24-11-12-27-46(42)54(39-20-5-2-6-21-39)49(44)43-25-10-9-23-41(43)48/h1-33H. The zero-order valence-electron chi connectivity index (χ0n) is 29.8. The Hall–Kier alpha value is -7.43. The van der Waals surface area contributed by atoms with Crippen LogP contribution < -0.4 is 4.90 Å². The molecule has 4 nitrogen and oxygen atoms in total. The number of hydrogen-bond acceptors (Lipinski definition) is 3. The summed E-state index contributed by atoms with van der Waals surface area (Å²) < 4.78 is 9.25. The van der Waals surface area contributed by atoms with Gasteiger partial charge in [-0.2, -0.15) is 0 Å². The van der Waals surface area contributed by atoms with E-state index in [1.54, 1.807) is 0 Å². The molecule has 0 bridgehead atoms. The molecule has 0 aliphatic rings. The second kappa shape index (κ2) is 12.6. The first-order valence-electron chi connectivity index (χ1n) is 18.6. The van der Waals surface area contributed by atoms with Gasteiger partial charge in [-0.25, -0.2) is 4.98 Å². The lowest BCUT2D eigenvalue weighted by atomic mass is 10.0. The predicted molar refractivity (Wildman–Crippen MR) is 229 cm³/mol. The number of hydrogen-bond donors (Lipinski definition) is 0. The molecule has 0 spiro atoms. The maximum atomic E-state index is 6.85. The predicted octanol–water partition coefficient (Wildman–Crippen LogP) is 14.0. The molecule has 0 saturated carbocycles. The van der Waals surface area contributed by atoms with Crippen LogP contribution in [-0.2, 0) is 0 Å². The quantitative estimate of drug-likeness (QED) is 0.173. The molecule has 0 aliphatic heterocycles. The minimum atomic E-state index is 0.595. The van der Waals surface area contributed by atoms with Crippen molar-refractivity contribution >= 4 is 71.5 Å². The maximum Gasteiger partial charge on any atom is 0.227 e. The second-order valence-electron chi connectivity index (χ2n) is 14.0. The van der Waals surface area contributed by atoms with E-state index in [9.17, 15) is 0 Å². The Balaban J connectivity index is 1.21. The Morgan fingerprint density at radius 1 is 0.436 bits per heavy atom. The van der Waals surface area contributed by atoms with Crippen LogP contribution in [0.25, 0.3) is 82.7 Å².